The van der Waals surface area contributed by atoms with Crippen molar-refractivity contribution in [3.05, 3.63) is 96.0 Å². The van der Waals surface area contributed by atoms with Gasteiger partial charge in [-0.25, -0.2) is 15.0 Å². The van der Waals surface area contributed by atoms with Crippen LogP contribution in [0.5, 0.6) is 0 Å². The van der Waals surface area contributed by atoms with E-state index >= 15 is 0 Å². The predicted molar refractivity (Wildman–Crippen MR) is 144 cm³/mol. The van der Waals surface area contributed by atoms with Gasteiger partial charge in [0, 0.05) is 46.9 Å². The standard InChI is InChI=1S/C27H24F3N9O/c1-16-8-24(18-4-3-7-31-12-18)36-26(34-16)38-37-25(40)23-6-5-20(13-32-23)35-21-9-19(27(28,29)30)10-22(11-21)39-14-17(2)33-15-39/h3-14,33,35H,15H2,1-2H3,(H,37,40)(H,34,36,38). The Bertz CT molecular complexity index is 1560. The molecule has 10 nitrogen and oxygen atoms in total. The molecule has 0 unspecified atom stereocenters. The summed E-state index contributed by atoms with van der Waals surface area (Å²) in [6.45, 7) is 4.00. The molecular weight excluding hydrogens is 523 g/mol. The fraction of sp³-hybridized carbons (Fsp3) is 0.148. The van der Waals surface area contributed by atoms with Crippen LogP contribution < -0.4 is 26.4 Å². The van der Waals surface area contributed by atoms with Crippen LogP contribution in [0, 0.1) is 6.92 Å². The molecule has 204 valence electrons. The van der Waals surface area contributed by atoms with Crippen LogP contribution in [0.15, 0.2) is 79.0 Å². The highest BCUT2D eigenvalue weighted by molar-refractivity contribution is 5.93. The van der Waals surface area contributed by atoms with E-state index in [0.29, 0.717) is 29.4 Å². The van der Waals surface area contributed by atoms with E-state index in [1.165, 1.54) is 12.3 Å². The minimum absolute atomic E-state index is 0.0756. The molecule has 1 aromatic carbocycles. The first-order chi connectivity index (χ1) is 19.1. The van der Waals surface area contributed by atoms with Crippen LogP contribution in [0.4, 0.5) is 36.2 Å². The number of nitrogens with one attached hydrogen (secondary N) is 4. The molecule has 0 aliphatic carbocycles. The molecule has 13 heteroatoms. The van der Waals surface area contributed by atoms with Gasteiger partial charge in [-0.2, -0.15) is 13.2 Å². The van der Waals surface area contributed by atoms with Crippen molar-refractivity contribution in [3.63, 3.8) is 0 Å². The molecule has 5 rings (SSSR count). The van der Waals surface area contributed by atoms with Crippen molar-refractivity contribution in [2.75, 3.05) is 22.3 Å². The minimum Gasteiger partial charge on any atom is -0.370 e. The summed E-state index contributed by atoms with van der Waals surface area (Å²) in [5.74, 6) is -0.367. The monoisotopic (exact) mass is 547 g/mol. The van der Waals surface area contributed by atoms with Crippen LogP contribution >= 0.6 is 0 Å². The summed E-state index contributed by atoms with van der Waals surface area (Å²) in [4.78, 5) is 31.2. The van der Waals surface area contributed by atoms with Gasteiger partial charge in [0.1, 0.15) is 5.69 Å². The first-order valence-corrected chi connectivity index (χ1v) is 12.1. The number of alkyl halides is 3. The molecule has 4 aromatic rings. The molecule has 4 heterocycles. The number of amides is 1. The van der Waals surface area contributed by atoms with E-state index < -0.39 is 17.6 Å². The van der Waals surface area contributed by atoms with Crippen molar-refractivity contribution >= 4 is 28.9 Å². The van der Waals surface area contributed by atoms with E-state index in [0.717, 1.165) is 23.4 Å². The van der Waals surface area contributed by atoms with Gasteiger partial charge in [0.25, 0.3) is 5.91 Å². The van der Waals surface area contributed by atoms with Crippen LogP contribution in [0.3, 0.4) is 0 Å². The number of carbonyl (C=O) groups is 1. The summed E-state index contributed by atoms with van der Waals surface area (Å²) in [6, 6.07) is 12.2. The lowest BCUT2D eigenvalue weighted by Gasteiger charge is -2.19. The maximum Gasteiger partial charge on any atom is 0.416 e. The van der Waals surface area contributed by atoms with Gasteiger partial charge >= 0.3 is 6.18 Å². The van der Waals surface area contributed by atoms with Gasteiger partial charge in [-0.3, -0.25) is 20.6 Å². The molecule has 1 amide bonds. The number of hydrazine groups is 1. The third-order valence-corrected chi connectivity index (χ3v) is 5.84. The number of allylic oxidation sites excluding steroid dienone is 1. The van der Waals surface area contributed by atoms with Crippen LogP contribution in [0.1, 0.15) is 28.7 Å². The second-order valence-corrected chi connectivity index (χ2v) is 8.98. The Morgan fingerprint density at radius 1 is 1.02 bits per heavy atom. The summed E-state index contributed by atoms with van der Waals surface area (Å²) < 4.78 is 40.7. The maximum atomic E-state index is 13.6. The predicted octanol–water partition coefficient (Wildman–Crippen LogP) is 4.99. The smallest absolute Gasteiger partial charge is 0.370 e. The normalized spacial score (nSPS) is 12.9. The molecule has 0 saturated carbocycles. The number of benzene rings is 1. The summed E-state index contributed by atoms with van der Waals surface area (Å²) in [6.07, 6.45) is 1.91. The van der Waals surface area contributed by atoms with Crippen molar-refractivity contribution in [2.45, 2.75) is 20.0 Å². The van der Waals surface area contributed by atoms with Gasteiger partial charge in [-0.1, -0.05) is 0 Å². The average molecular weight is 548 g/mol. The average Bonchev–Trinajstić information content (AvgIpc) is 3.38. The number of nitrogens with zero attached hydrogens (tertiary/aromatic N) is 5. The highest BCUT2D eigenvalue weighted by Gasteiger charge is 2.32. The number of hydrogen-bond acceptors (Lipinski definition) is 9. The summed E-state index contributed by atoms with van der Waals surface area (Å²) in [5.41, 5.74) is 8.45. The second-order valence-electron chi connectivity index (χ2n) is 8.98. The molecule has 3 aromatic heterocycles. The Morgan fingerprint density at radius 3 is 2.55 bits per heavy atom. The molecule has 0 fully saturated rings. The highest BCUT2D eigenvalue weighted by atomic mass is 19.4. The largest absolute Gasteiger partial charge is 0.416 e. The molecule has 1 aliphatic rings. The third-order valence-electron chi connectivity index (χ3n) is 5.84. The molecule has 0 spiro atoms. The van der Waals surface area contributed by atoms with Crippen molar-refractivity contribution < 1.29 is 18.0 Å². The zero-order chi connectivity index (χ0) is 28.3. The fourth-order valence-electron chi connectivity index (χ4n) is 3.95. The molecule has 0 radical (unpaired) electrons. The number of halogens is 3. The van der Waals surface area contributed by atoms with Crippen molar-refractivity contribution in [2.24, 2.45) is 0 Å². The Balaban J connectivity index is 1.27. The zero-order valence-corrected chi connectivity index (χ0v) is 21.4. The lowest BCUT2D eigenvalue weighted by Crippen LogP contribution is -2.31. The van der Waals surface area contributed by atoms with E-state index in [9.17, 15) is 18.0 Å². The number of anilines is 4. The number of hydrogen-bond donors (Lipinski definition) is 4. The minimum atomic E-state index is -4.52. The SMILES string of the molecule is CC1=CN(c2cc(Nc3ccc(C(=O)NNc4nc(C)cc(-c5cccnc5)n4)nc3)cc(C(F)(F)F)c2)CN1. The number of aryl methyl sites for hydroxylation is 1. The molecule has 4 N–H and O–H groups in total. The third kappa shape index (κ3) is 6.26. The van der Waals surface area contributed by atoms with Crippen LogP contribution in [-0.4, -0.2) is 32.5 Å². The zero-order valence-electron chi connectivity index (χ0n) is 21.4. The number of carbonyl (C=O) groups excluding carboxylic acids is 1. The fourth-order valence-corrected chi connectivity index (χ4v) is 3.95. The summed E-state index contributed by atoms with van der Waals surface area (Å²) in [7, 11) is 0. The van der Waals surface area contributed by atoms with Crippen molar-refractivity contribution in [1.29, 1.82) is 0 Å². The van der Waals surface area contributed by atoms with Crippen LogP contribution in [0.2, 0.25) is 0 Å². The molecule has 0 saturated heterocycles. The van der Waals surface area contributed by atoms with E-state index in [4.69, 9.17) is 0 Å². The van der Waals surface area contributed by atoms with E-state index in [2.05, 4.69) is 41.4 Å². The van der Waals surface area contributed by atoms with E-state index in [-0.39, 0.29) is 17.3 Å². The Labute approximate surface area is 227 Å². The number of rotatable bonds is 7. The van der Waals surface area contributed by atoms with Crippen LogP contribution in [-0.2, 0) is 6.18 Å². The van der Waals surface area contributed by atoms with Gasteiger partial charge in [-0.15, -0.1) is 0 Å². The van der Waals surface area contributed by atoms with Crippen LogP contribution in [0.25, 0.3) is 11.3 Å². The van der Waals surface area contributed by atoms with Crippen molar-refractivity contribution in [1.82, 2.24) is 30.7 Å². The molecule has 40 heavy (non-hydrogen) atoms. The molecular formula is C27H24F3N9O. The second kappa shape index (κ2) is 10.9. The van der Waals surface area contributed by atoms with Gasteiger partial charge in [-0.05, 0) is 62.4 Å². The highest BCUT2D eigenvalue weighted by Crippen LogP contribution is 2.36. The van der Waals surface area contributed by atoms with Crippen molar-refractivity contribution in [3.8, 4) is 11.3 Å². The van der Waals surface area contributed by atoms with E-state index in [1.54, 1.807) is 54.7 Å². The molecule has 1 aliphatic heterocycles. The Morgan fingerprint density at radius 2 is 1.88 bits per heavy atom. The Kier molecular flexibility index (Phi) is 7.19. The van der Waals surface area contributed by atoms with Gasteiger partial charge < -0.3 is 15.5 Å². The van der Waals surface area contributed by atoms with Gasteiger partial charge in [0.15, 0.2) is 0 Å². The summed E-state index contributed by atoms with van der Waals surface area (Å²) >= 11 is 0. The topological polar surface area (TPSA) is 120 Å². The molecule has 0 atom stereocenters. The maximum absolute atomic E-state index is 13.6. The Hall–Kier alpha value is -5.20. The summed E-state index contributed by atoms with van der Waals surface area (Å²) in [5, 5.41) is 6.01. The first-order valence-electron chi connectivity index (χ1n) is 12.1. The quantitative estimate of drug-likeness (QED) is 0.237. The van der Waals surface area contributed by atoms with E-state index in [1.807, 2.05) is 13.0 Å². The number of aromatic nitrogens is 4. The lowest BCUT2D eigenvalue weighted by molar-refractivity contribution is -0.137. The lowest BCUT2D eigenvalue weighted by atomic mass is 10.1. The van der Waals surface area contributed by atoms with Gasteiger partial charge in [0.05, 0.1) is 29.8 Å². The number of pyridine rings is 2. The molecule has 0 bridgehead atoms. The van der Waals surface area contributed by atoms with Gasteiger partial charge in [0.2, 0.25) is 5.95 Å². The first kappa shape index (κ1) is 26.4.